The van der Waals surface area contributed by atoms with Crippen LogP contribution in [0.25, 0.3) is 5.57 Å². The van der Waals surface area contributed by atoms with Gasteiger partial charge in [0.25, 0.3) is 0 Å². The molecular weight excluding hydrogens is 182 g/mol. The van der Waals surface area contributed by atoms with Gasteiger partial charge in [-0.3, -0.25) is 0 Å². The maximum absolute atomic E-state index is 10.9. The number of hydrogen-bond acceptors (Lipinski definition) is 3. The number of carboxylic acid groups (broad SMARTS) is 1. The van der Waals surface area contributed by atoms with E-state index in [0.717, 1.165) is 24.8 Å². The monoisotopic (exact) mass is 193 g/mol. The van der Waals surface area contributed by atoms with Crippen LogP contribution in [-0.4, -0.2) is 26.1 Å². The zero-order valence-corrected chi connectivity index (χ0v) is 7.90. The van der Waals surface area contributed by atoms with Gasteiger partial charge in [-0.05, 0) is 24.8 Å². The highest BCUT2D eigenvalue weighted by Crippen LogP contribution is 2.27. The summed E-state index contributed by atoms with van der Waals surface area (Å²) in [5.41, 5.74) is 1.71. The van der Waals surface area contributed by atoms with Crippen LogP contribution in [-0.2, 0) is 7.05 Å². The average molecular weight is 193 g/mol. The van der Waals surface area contributed by atoms with Gasteiger partial charge < -0.3 is 5.11 Å². The Morgan fingerprint density at radius 3 is 3.00 bits per heavy atom. The molecule has 0 radical (unpaired) electrons. The zero-order chi connectivity index (χ0) is 10.1. The van der Waals surface area contributed by atoms with Gasteiger partial charge in [-0.1, -0.05) is 11.3 Å². The smallest absolute Gasteiger partial charge is 0.356 e. The third-order valence-electron chi connectivity index (χ3n) is 2.37. The minimum atomic E-state index is -0.972. The first-order valence-electron chi connectivity index (χ1n) is 4.52. The maximum atomic E-state index is 10.9. The molecule has 1 N–H and O–H groups in total. The summed E-state index contributed by atoms with van der Waals surface area (Å²) in [6.45, 7) is 0. The fourth-order valence-electron chi connectivity index (χ4n) is 1.70. The van der Waals surface area contributed by atoms with E-state index in [-0.39, 0.29) is 5.69 Å². The molecule has 0 saturated carbocycles. The highest BCUT2D eigenvalue weighted by Gasteiger charge is 2.21. The SMILES string of the molecule is Cn1nnc(C2=CCCC2)c1C(=O)O. The Morgan fingerprint density at radius 1 is 1.64 bits per heavy atom. The topological polar surface area (TPSA) is 68.0 Å². The molecule has 1 heterocycles. The second-order valence-corrected chi connectivity index (χ2v) is 3.34. The van der Waals surface area contributed by atoms with Crippen molar-refractivity contribution in [3.8, 4) is 0 Å². The normalized spacial score (nSPS) is 15.6. The van der Waals surface area contributed by atoms with E-state index >= 15 is 0 Å². The molecule has 1 aliphatic rings. The Balaban J connectivity index is 2.47. The number of rotatable bonds is 2. The Kier molecular flexibility index (Phi) is 2.07. The first kappa shape index (κ1) is 8.93. The molecule has 0 fully saturated rings. The number of aryl methyl sites for hydroxylation is 1. The minimum absolute atomic E-state index is 0.179. The Labute approximate surface area is 81.0 Å². The van der Waals surface area contributed by atoms with Gasteiger partial charge in [-0.15, -0.1) is 5.10 Å². The van der Waals surface area contributed by atoms with Crippen molar-refractivity contribution in [2.24, 2.45) is 7.05 Å². The summed E-state index contributed by atoms with van der Waals surface area (Å²) in [5, 5.41) is 16.6. The van der Waals surface area contributed by atoms with Gasteiger partial charge in [-0.2, -0.15) is 0 Å². The van der Waals surface area contributed by atoms with Crippen molar-refractivity contribution in [3.63, 3.8) is 0 Å². The quantitative estimate of drug-likeness (QED) is 0.763. The molecule has 0 bridgehead atoms. The molecule has 0 unspecified atom stereocenters. The third kappa shape index (κ3) is 1.30. The minimum Gasteiger partial charge on any atom is -0.476 e. The van der Waals surface area contributed by atoms with Gasteiger partial charge in [0.05, 0.1) is 0 Å². The summed E-state index contributed by atoms with van der Waals surface area (Å²) in [6, 6.07) is 0. The predicted molar refractivity (Wildman–Crippen MR) is 49.8 cm³/mol. The van der Waals surface area contributed by atoms with E-state index in [2.05, 4.69) is 10.3 Å². The van der Waals surface area contributed by atoms with Gasteiger partial charge in [0.1, 0.15) is 5.69 Å². The first-order valence-corrected chi connectivity index (χ1v) is 4.52. The van der Waals surface area contributed by atoms with Crippen LogP contribution in [0.1, 0.15) is 35.4 Å². The molecule has 0 saturated heterocycles. The van der Waals surface area contributed by atoms with Crippen LogP contribution < -0.4 is 0 Å². The average Bonchev–Trinajstić information content (AvgIpc) is 2.70. The van der Waals surface area contributed by atoms with E-state index in [1.807, 2.05) is 6.08 Å². The summed E-state index contributed by atoms with van der Waals surface area (Å²) in [7, 11) is 1.59. The Morgan fingerprint density at radius 2 is 2.43 bits per heavy atom. The molecule has 1 aromatic rings. The van der Waals surface area contributed by atoms with Crippen LogP contribution in [0, 0.1) is 0 Å². The number of allylic oxidation sites excluding steroid dienone is 2. The zero-order valence-electron chi connectivity index (χ0n) is 7.90. The fraction of sp³-hybridized carbons (Fsp3) is 0.444. The van der Waals surface area contributed by atoms with Crippen LogP contribution in [0.4, 0.5) is 0 Å². The first-order chi connectivity index (χ1) is 6.70. The van der Waals surface area contributed by atoms with Crippen molar-refractivity contribution < 1.29 is 9.90 Å². The van der Waals surface area contributed by atoms with E-state index in [1.54, 1.807) is 7.05 Å². The lowest BCUT2D eigenvalue weighted by molar-refractivity contribution is 0.0684. The molecule has 0 spiro atoms. The standard InChI is InChI=1S/C9H11N3O2/c1-12-8(9(13)14)7(10-11-12)6-4-2-3-5-6/h4H,2-3,5H2,1H3,(H,13,14). The highest BCUT2D eigenvalue weighted by atomic mass is 16.4. The molecule has 1 aromatic heterocycles. The van der Waals surface area contributed by atoms with E-state index in [9.17, 15) is 4.79 Å². The van der Waals surface area contributed by atoms with E-state index < -0.39 is 5.97 Å². The van der Waals surface area contributed by atoms with Crippen molar-refractivity contribution in [1.82, 2.24) is 15.0 Å². The Bertz CT molecular complexity index is 406. The maximum Gasteiger partial charge on any atom is 0.356 e. The highest BCUT2D eigenvalue weighted by molar-refractivity contribution is 5.91. The number of aromatic carboxylic acids is 1. The van der Waals surface area contributed by atoms with Crippen LogP contribution in [0.3, 0.4) is 0 Å². The molecule has 74 valence electrons. The van der Waals surface area contributed by atoms with Crippen molar-refractivity contribution in [2.45, 2.75) is 19.3 Å². The lowest BCUT2D eigenvalue weighted by Gasteiger charge is -1.98. The second-order valence-electron chi connectivity index (χ2n) is 3.34. The van der Waals surface area contributed by atoms with E-state index in [4.69, 9.17) is 5.11 Å². The molecule has 5 nitrogen and oxygen atoms in total. The number of hydrogen-bond donors (Lipinski definition) is 1. The lowest BCUT2D eigenvalue weighted by atomic mass is 10.1. The third-order valence-corrected chi connectivity index (χ3v) is 2.37. The van der Waals surface area contributed by atoms with Crippen molar-refractivity contribution in [2.75, 3.05) is 0 Å². The molecule has 0 aliphatic heterocycles. The second kappa shape index (κ2) is 3.25. The number of aromatic nitrogens is 3. The molecule has 0 amide bonds. The molecule has 5 heteroatoms. The number of carboxylic acids is 1. The van der Waals surface area contributed by atoms with Gasteiger partial charge in [0, 0.05) is 7.05 Å². The lowest BCUT2D eigenvalue weighted by Crippen LogP contribution is -2.07. The van der Waals surface area contributed by atoms with E-state index in [1.165, 1.54) is 4.68 Å². The Hall–Kier alpha value is -1.65. The summed E-state index contributed by atoms with van der Waals surface area (Å²) < 4.78 is 1.30. The van der Waals surface area contributed by atoms with Gasteiger partial charge in [0.2, 0.25) is 0 Å². The van der Waals surface area contributed by atoms with Crippen LogP contribution >= 0.6 is 0 Å². The number of carbonyl (C=O) groups is 1. The van der Waals surface area contributed by atoms with Gasteiger partial charge in [-0.25, -0.2) is 9.48 Å². The summed E-state index contributed by atoms with van der Waals surface area (Å²) >= 11 is 0. The molecule has 1 aliphatic carbocycles. The van der Waals surface area contributed by atoms with Crippen molar-refractivity contribution in [1.29, 1.82) is 0 Å². The van der Waals surface area contributed by atoms with Crippen LogP contribution in [0.5, 0.6) is 0 Å². The molecule has 0 aromatic carbocycles. The molecular formula is C9H11N3O2. The van der Waals surface area contributed by atoms with Gasteiger partial charge >= 0.3 is 5.97 Å². The summed E-state index contributed by atoms with van der Waals surface area (Å²) in [4.78, 5) is 10.9. The summed E-state index contributed by atoms with van der Waals surface area (Å²) in [6.07, 6.45) is 5.02. The number of nitrogens with zero attached hydrogens (tertiary/aromatic N) is 3. The van der Waals surface area contributed by atoms with Gasteiger partial charge in [0.15, 0.2) is 5.69 Å². The van der Waals surface area contributed by atoms with Crippen molar-refractivity contribution in [3.05, 3.63) is 17.5 Å². The molecule has 14 heavy (non-hydrogen) atoms. The van der Waals surface area contributed by atoms with Crippen molar-refractivity contribution >= 4 is 11.5 Å². The summed E-state index contributed by atoms with van der Waals surface area (Å²) in [5.74, 6) is -0.972. The van der Waals surface area contributed by atoms with E-state index in [0.29, 0.717) is 5.69 Å². The molecule has 2 rings (SSSR count). The molecule has 0 atom stereocenters. The predicted octanol–water partition coefficient (Wildman–Crippen LogP) is 1.08. The van der Waals surface area contributed by atoms with Crippen LogP contribution in [0.2, 0.25) is 0 Å². The largest absolute Gasteiger partial charge is 0.476 e. The fourth-order valence-corrected chi connectivity index (χ4v) is 1.70. The van der Waals surface area contributed by atoms with Crippen LogP contribution in [0.15, 0.2) is 6.08 Å².